The quantitative estimate of drug-likeness (QED) is 0.649. The highest BCUT2D eigenvalue weighted by Gasteiger charge is 2.22. The molecule has 1 aliphatic carbocycles. The fourth-order valence-electron chi connectivity index (χ4n) is 1.54. The summed E-state index contributed by atoms with van der Waals surface area (Å²) in [5.74, 6) is 0.990. The van der Waals surface area contributed by atoms with Crippen molar-refractivity contribution in [2.45, 2.75) is 12.8 Å². The third kappa shape index (κ3) is 2.44. The summed E-state index contributed by atoms with van der Waals surface area (Å²) in [5, 5.41) is 2.37. The van der Waals surface area contributed by atoms with Crippen molar-refractivity contribution in [2.24, 2.45) is 5.92 Å². The van der Waals surface area contributed by atoms with Gasteiger partial charge in [0.2, 0.25) is 0 Å². The first kappa shape index (κ1) is 8.48. The topological polar surface area (TPSA) is 18.5 Å². The predicted molar refractivity (Wildman–Crippen MR) is 49.8 cm³/mol. The van der Waals surface area contributed by atoms with Crippen molar-refractivity contribution in [3.63, 3.8) is 0 Å². The molecule has 0 atom stereocenters. The van der Waals surface area contributed by atoms with Gasteiger partial charge in [-0.15, -0.1) is 0 Å². The molecular formula is C9H19N3. The maximum absolute atomic E-state index is 3.51. The van der Waals surface area contributed by atoms with Gasteiger partial charge in [-0.05, 0) is 25.8 Å². The minimum absolute atomic E-state index is 0.990. The normalized spacial score (nSPS) is 27.8. The van der Waals surface area contributed by atoms with Crippen LogP contribution in [0.4, 0.5) is 0 Å². The van der Waals surface area contributed by atoms with E-state index in [9.17, 15) is 0 Å². The first-order chi connectivity index (χ1) is 5.84. The monoisotopic (exact) mass is 169 g/mol. The molecule has 2 aliphatic rings. The second-order valence-corrected chi connectivity index (χ2v) is 4.10. The summed E-state index contributed by atoms with van der Waals surface area (Å²) in [4.78, 5) is 2.38. The van der Waals surface area contributed by atoms with Crippen molar-refractivity contribution >= 4 is 0 Å². The van der Waals surface area contributed by atoms with Crippen molar-refractivity contribution in [1.82, 2.24) is 15.3 Å². The average Bonchev–Trinajstić information content (AvgIpc) is 2.87. The largest absolute Gasteiger partial charge is 0.304 e. The Labute approximate surface area is 74.7 Å². The molecule has 3 heteroatoms. The van der Waals surface area contributed by atoms with Crippen LogP contribution in [0.5, 0.6) is 0 Å². The first-order valence-electron chi connectivity index (χ1n) is 5.01. The summed E-state index contributed by atoms with van der Waals surface area (Å²) in [5.41, 5.74) is 3.51. The van der Waals surface area contributed by atoms with Crippen LogP contribution in [-0.2, 0) is 0 Å². The van der Waals surface area contributed by atoms with Crippen LogP contribution in [0, 0.1) is 5.92 Å². The van der Waals surface area contributed by atoms with Gasteiger partial charge in [0.1, 0.15) is 0 Å². The van der Waals surface area contributed by atoms with Crippen LogP contribution in [-0.4, -0.2) is 49.7 Å². The summed E-state index contributed by atoms with van der Waals surface area (Å²) in [6, 6.07) is 0. The van der Waals surface area contributed by atoms with E-state index >= 15 is 0 Å². The molecule has 0 bridgehead atoms. The van der Waals surface area contributed by atoms with Gasteiger partial charge in [0.15, 0.2) is 0 Å². The number of nitrogens with zero attached hydrogens (tertiary/aromatic N) is 2. The van der Waals surface area contributed by atoms with Crippen LogP contribution in [0.25, 0.3) is 0 Å². The highest BCUT2D eigenvalue weighted by atomic mass is 15.5. The molecule has 0 unspecified atom stereocenters. The molecule has 1 saturated heterocycles. The van der Waals surface area contributed by atoms with Crippen LogP contribution in [0.1, 0.15) is 12.8 Å². The van der Waals surface area contributed by atoms with Crippen LogP contribution in [0.3, 0.4) is 0 Å². The third-order valence-electron chi connectivity index (χ3n) is 2.80. The van der Waals surface area contributed by atoms with E-state index in [0.717, 1.165) is 5.92 Å². The van der Waals surface area contributed by atoms with E-state index in [2.05, 4.69) is 22.4 Å². The zero-order chi connectivity index (χ0) is 8.39. The second kappa shape index (κ2) is 3.73. The van der Waals surface area contributed by atoms with E-state index in [1.165, 1.54) is 45.6 Å². The second-order valence-electron chi connectivity index (χ2n) is 4.10. The van der Waals surface area contributed by atoms with E-state index in [0.29, 0.717) is 0 Å². The Bertz CT molecular complexity index is 137. The van der Waals surface area contributed by atoms with Crippen LogP contribution >= 0.6 is 0 Å². The van der Waals surface area contributed by atoms with Gasteiger partial charge in [-0.2, -0.15) is 0 Å². The summed E-state index contributed by atoms with van der Waals surface area (Å²) in [6.07, 6.45) is 2.89. The number of piperazine rings is 1. The minimum atomic E-state index is 0.990. The van der Waals surface area contributed by atoms with Gasteiger partial charge in [0.05, 0.1) is 0 Å². The van der Waals surface area contributed by atoms with Crippen molar-refractivity contribution in [3.05, 3.63) is 0 Å². The standard InChI is InChI=1S/C9H19N3/c1-11-4-6-12(7-5-11)10-8-9-2-3-9/h9-10H,2-8H2,1H3. The Morgan fingerprint density at radius 3 is 2.42 bits per heavy atom. The molecule has 2 fully saturated rings. The minimum Gasteiger partial charge on any atom is -0.304 e. The predicted octanol–water partition coefficient (Wildman–Crippen LogP) is 0.148. The van der Waals surface area contributed by atoms with Crippen LogP contribution in [0.2, 0.25) is 0 Å². The summed E-state index contributed by atoms with van der Waals surface area (Å²) < 4.78 is 0. The molecule has 0 aromatic heterocycles. The molecule has 3 nitrogen and oxygen atoms in total. The van der Waals surface area contributed by atoms with Crippen LogP contribution in [0.15, 0.2) is 0 Å². The van der Waals surface area contributed by atoms with E-state index in [1.54, 1.807) is 0 Å². The van der Waals surface area contributed by atoms with Crippen molar-refractivity contribution in [2.75, 3.05) is 39.8 Å². The maximum atomic E-state index is 3.51. The smallest absolute Gasteiger partial charge is 0.0259 e. The molecule has 12 heavy (non-hydrogen) atoms. The van der Waals surface area contributed by atoms with Crippen molar-refractivity contribution in [3.8, 4) is 0 Å². The number of hydrogen-bond acceptors (Lipinski definition) is 3. The molecule has 0 spiro atoms. The zero-order valence-corrected chi connectivity index (χ0v) is 7.92. The van der Waals surface area contributed by atoms with Gasteiger partial charge in [-0.3, -0.25) is 5.43 Å². The molecule has 70 valence electrons. The van der Waals surface area contributed by atoms with Gasteiger partial charge in [0.25, 0.3) is 0 Å². The fourth-order valence-corrected chi connectivity index (χ4v) is 1.54. The maximum Gasteiger partial charge on any atom is 0.0259 e. The molecule has 0 aromatic rings. The number of nitrogens with one attached hydrogen (secondary N) is 1. The Morgan fingerprint density at radius 1 is 1.17 bits per heavy atom. The lowest BCUT2D eigenvalue weighted by atomic mass is 10.4. The Balaban J connectivity index is 1.60. The lowest BCUT2D eigenvalue weighted by Gasteiger charge is -2.32. The van der Waals surface area contributed by atoms with Gasteiger partial charge >= 0.3 is 0 Å². The lowest BCUT2D eigenvalue weighted by molar-refractivity contribution is 0.103. The molecule has 1 aliphatic heterocycles. The van der Waals surface area contributed by atoms with E-state index < -0.39 is 0 Å². The van der Waals surface area contributed by atoms with E-state index in [4.69, 9.17) is 0 Å². The number of likely N-dealkylation sites (N-methyl/N-ethyl adjacent to an activating group) is 1. The Morgan fingerprint density at radius 2 is 1.83 bits per heavy atom. The highest BCUT2D eigenvalue weighted by molar-refractivity contribution is 4.75. The highest BCUT2D eigenvalue weighted by Crippen LogP contribution is 2.27. The summed E-state index contributed by atoms with van der Waals surface area (Å²) in [6.45, 7) is 5.99. The molecular weight excluding hydrogens is 150 g/mol. The molecule has 0 amide bonds. The fraction of sp³-hybridized carbons (Fsp3) is 1.00. The van der Waals surface area contributed by atoms with E-state index in [-0.39, 0.29) is 0 Å². The van der Waals surface area contributed by atoms with Crippen LogP contribution < -0.4 is 5.43 Å². The SMILES string of the molecule is CN1CCN(NCC2CC2)CC1. The molecule has 1 N–H and O–H groups in total. The van der Waals surface area contributed by atoms with Gasteiger partial charge in [0, 0.05) is 32.7 Å². The van der Waals surface area contributed by atoms with Gasteiger partial charge < -0.3 is 4.90 Å². The third-order valence-corrected chi connectivity index (χ3v) is 2.80. The molecule has 0 aromatic carbocycles. The van der Waals surface area contributed by atoms with Gasteiger partial charge in [-0.25, -0.2) is 5.01 Å². The Kier molecular flexibility index (Phi) is 2.63. The molecule has 0 radical (unpaired) electrons. The van der Waals surface area contributed by atoms with E-state index in [1.807, 2.05) is 0 Å². The number of rotatable bonds is 3. The molecule has 2 rings (SSSR count). The first-order valence-corrected chi connectivity index (χ1v) is 5.01. The van der Waals surface area contributed by atoms with Crippen molar-refractivity contribution < 1.29 is 0 Å². The van der Waals surface area contributed by atoms with Crippen molar-refractivity contribution in [1.29, 1.82) is 0 Å². The van der Waals surface area contributed by atoms with Gasteiger partial charge in [-0.1, -0.05) is 0 Å². The summed E-state index contributed by atoms with van der Waals surface area (Å²) in [7, 11) is 2.19. The molecule has 1 heterocycles. The lowest BCUT2D eigenvalue weighted by Crippen LogP contribution is -2.51. The number of hydrazine groups is 1. The average molecular weight is 169 g/mol. The zero-order valence-electron chi connectivity index (χ0n) is 7.92. The number of hydrogen-bond donors (Lipinski definition) is 1. The molecule has 1 saturated carbocycles. The Hall–Kier alpha value is -0.120. The summed E-state index contributed by atoms with van der Waals surface area (Å²) >= 11 is 0.